The molecule has 1 aromatic heterocycles. The van der Waals surface area contributed by atoms with Crippen LogP contribution >= 0.6 is 0 Å². The maximum absolute atomic E-state index is 11.3. The first-order chi connectivity index (χ1) is 8.15. The second-order valence-corrected chi connectivity index (χ2v) is 3.68. The lowest BCUT2D eigenvalue weighted by Gasteiger charge is -2.13. The number of hydrogen-bond donors (Lipinski definition) is 1. The summed E-state index contributed by atoms with van der Waals surface area (Å²) in [5.74, 6) is -0.353. The van der Waals surface area contributed by atoms with Gasteiger partial charge in [-0.15, -0.1) is 0 Å². The van der Waals surface area contributed by atoms with Crippen molar-refractivity contribution in [1.29, 1.82) is 0 Å². The maximum Gasteiger partial charge on any atom is 0.334 e. The largest absolute Gasteiger partial charge is 0.463 e. The van der Waals surface area contributed by atoms with E-state index in [1.54, 1.807) is 13.1 Å². The highest BCUT2D eigenvalue weighted by Gasteiger charge is 2.10. The average molecular weight is 234 g/mol. The summed E-state index contributed by atoms with van der Waals surface area (Å²) in [6, 6.07) is 5.81. The monoisotopic (exact) mass is 234 g/mol. The van der Waals surface area contributed by atoms with Gasteiger partial charge in [-0.05, 0) is 26.0 Å². The van der Waals surface area contributed by atoms with E-state index in [1.807, 2.05) is 25.1 Å². The van der Waals surface area contributed by atoms with E-state index in [9.17, 15) is 4.79 Å². The molecule has 0 radical (unpaired) electrons. The van der Waals surface area contributed by atoms with Gasteiger partial charge in [0.2, 0.25) is 0 Å². The van der Waals surface area contributed by atoms with Gasteiger partial charge in [0.15, 0.2) is 0 Å². The predicted octanol–water partition coefficient (Wildman–Crippen LogP) is 1.85. The molecule has 1 atom stereocenters. The predicted molar refractivity (Wildman–Crippen MR) is 66.4 cm³/mol. The van der Waals surface area contributed by atoms with E-state index in [0.29, 0.717) is 18.7 Å². The number of nitrogens with zero attached hydrogens (tertiary/aromatic N) is 1. The Kier molecular flexibility index (Phi) is 5.36. The van der Waals surface area contributed by atoms with Crippen LogP contribution in [0.25, 0.3) is 0 Å². The van der Waals surface area contributed by atoms with Crippen molar-refractivity contribution >= 4 is 5.97 Å². The van der Waals surface area contributed by atoms with Crippen LogP contribution in [0, 0.1) is 0 Å². The van der Waals surface area contributed by atoms with Crippen LogP contribution in [-0.4, -0.2) is 24.1 Å². The number of pyridine rings is 1. The standard InChI is InChI=1S/C13H18N2O2/c1-4-17-13(16)10(2)9-15-11(3)12-7-5-6-8-14-12/h5-8,11,15H,2,4,9H2,1,3H3/t11-/m1/s1. The molecule has 17 heavy (non-hydrogen) atoms. The number of aromatic nitrogens is 1. The second-order valence-electron chi connectivity index (χ2n) is 3.68. The molecule has 0 amide bonds. The molecule has 0 spiro atoms. The van der Waals surface area contributed by atoms with Crippen molar-refractivity contribution in [3.8, 4) is 0 Å². The number of rotatable bonds is 6. The number of carbonyl (C=O) groups excluding carboxylic acids is 1. The number of ether oxygens (including phenoxy) is 1. The molecule has 0 aliphatic heterocycles. The summed E-state index contributed by atoms with van der Waals surface area (Å²) in [6.07, 6.45) is 1.74. The van der Waals surface area contributed by atoms with E-state index < -0.39 is 0 Å². The number of nitrogens with one attached hydrogen (secondary N) is 1. The molecule has 1 N–H and O–H groups in total. The molecule has 0 aliphatic rings. The quantitative estimate of drug-likeness (QED) is 0.603. The molecule has 0 unspecified atom stereocenters. The first-order valence-corrected chi connectivity index (χ1v) is 5.64. The van der Waals surface area contributed by atoms with Crippen LogP contribution in [0.1, 0.15) is 25.6 Å². The minimum atomic E-state index is -0.353. The molecule has 4 nitrogen and oxygen atoms in total. The van der Waals surface area contributed by atoms with E-state index in [4.69, 9.17) is 4.74 Å². The van der Waals surface area contributed by atoms with E-state index in [0.717, 1.165) is 5.69 Å². The molecule has 0 bridgehead atoms. The molecule has 0 aromatic carbocycles. The highest BCUT2D eigenvalue weighted by molar-refractivity contribution is 5.88. The zero-order valence-electron chi connectivity index (χ0n) is 10.3. The van der Waals surface area contributed by atoms with Crippen molar-refractivity contribution < 1.29 is 9.53 Å². The van der Waals surface area contributed by atoms with Gasteiger partial charge in [0.05, 0.1) is 12.3 Å². The molecular formula is C13H18N2O2. The Morgan fingerprint density at radius 1 is 1.59 bits per heavy atom. The average Bonchev–Trinajstić information content (AvgIpc) is 2.36. The van der Waals surface area contributed by atoms with Crippen molar-refractivity contribution in [1.82, 2.24) is 10.3 Å². The van der Waals surface area contributed by atoms with Gasteiger partial charge < -0.3 is 10.1 Å². The van der Waals surface area contributed by atoms with Crippen LogP contribution in [0.4, 0.5) is 0 Å². The summed E-state index contributed by atoms with van der Waals surface area (Å²) in [5.41, 5.74) is 1.36. The molecule has 1 heterocycles. The lowest BCUT2D eigenvalue weighted by molar-refractivity contribution is -0.138. The lowest BCUT2D eigenvalue weighted by atomic mass is 10.2. The molecule has 0 saturated carbocycles. The van der Waals surface area contributed by atoms with Gasteiger partial charge in [-0.25, -0.2) is 4.79 Å². The molecule has 1 rings (SSSR count). The number of hydrogen-bond acceptors (Lipinski definition) is 4. The van der Waals surface area contributed by atoms with Crippen molar-refractivity contribution in [2.45, 2.75) is 19.9 Å². The van der Waals surface area contributed by atoms with Gasteiger partial charge in [0.1, 0.15) is 0 Å². The third kappa shape index (κ3) is 4.36. The van der Waals surface area contributed by atoms with Crippen molar-refractivity contribution in [2.75, 3.05) is 13.2 Å². The molecule has 0 saturated heterocycles. The highest BCUT2D eigenvalue weighted by atomic mass is 16.5. The zero-order valence-corrected chi connectivity index (χ0v) is 10.3. The molecule has 1 aromatic rings. The van der Waals surface area contributed by atoms with Gasteiger partial charge in [-0.2, -0.15) is 0 Å². The fraction of sp³-hybridized carbons (Fsp3) is 0.385. The van der Waals surface area contributed by atoms with Gasteiger partial charge in [-0.1, -0.05) is 12.6 Å². The van der Waals surface area contributed by atoms with Gasteiger partial charge >= 0.3 is 5.97 Å². The molecule has 0 fully saturated rings. The Labute approximate surface area is 102 Å². The van der Waals surface area contributed by atoms with E-state index >= 15 is 0 Å². The van der Waals surface area contributed by atoms with Gasteiger partial charge in [0.25, 0.3) is 0 Å². The Morgan fingerprint density at radius 2 is 2.35 bits per heavy atom. The third-order valence-corrected chi connectivity index (χ3v) is 2.32. The van der Waals surface area contributed by atoms with Crippen LogP contribution in [0.15, 0.2) is 36.5 Å². The summed E-state index contributed by atoms with van der Waals surface area (Å²) in [7, 11) is 0. The minimum absolute atomic E-state index is 0.0716. The van der Waals surface area contributed by atoms with Crippen LogP contribution in [0.5, 0.6) is 0 Å². The molecule has 0 aliphatic carbocycles. The summed E-state index contributed by atoms with van der Waals surface area (Å²) in [5, 5.41) is 3.18. The van der Waals surface area contributed by atoms with Crippen molar-refractivity contribution in [2.24, 2.45) is 0 Å². The topological polar surface area (TPSA) is 51.2 Å². The summed E-state index contributed by atoms with van der Waals surface area (Å²) >= 11 is 0. The van der Waals surface area contributed by atoms with Gasteiger partial charge in [-0.3, -0.25) is 4.98 Å². The van der Waals surface area contributed by atoms with Crippen LogP contribution in [0.3, 0.4) is 0 Å². The smallest absolute Gasteiger partial charge is 0.334 e. The second kappa shape index (κ2) is 6.81. The Balaban J connectivity index is 2.41. The van der Waals surface area contributed by atoms with Crippen LogP contribution < -0.4 is 5.32 Å². The van der Waals surface area contributed by atoms with Crippen LogP contribution in [-0.2, 0) is 9.53 Å². The summed E-state index contributed by atoms with van der Waals surface area (Å²) in [6.45, 7) is 8.21. The van der Waals surface area contributed by atoms with E-state index in [-0.39, 0.29) is 12.0 Å². The lowest BCUT2D eigenvalue weighted by Crippen LogP contribution is -2.25. The SMILES string of the molecule is C=C(CN[C@H](C)c1ccccn1)C(=O)OCC. The summed E-state index contributed by atoms with van der Waals surface area (Å²) in [4.78, 5) is 15.5. The fourth-order valence-corrected chi connectivity index (χ4v) is 1.32. The van der Waals surface area contributed by atoms with E-state index in [2.05, 4.69) is 16.9 Å². The Bertz CT molecular complexity index is 376. The molecule has 4 heteroatoms. The van der Waals surface area contributed by atoms with Crippen molar-refractivity contribution in [3.63, 3.8) is 0 Å². The highest BCUT2D eigenvalue weighted by Crippen LogP contribution is 2.08. The fourth-order valence-electron chi connectivity index (χ4n) is 1.32. The minimum Gasteiger partial charge on any atom is -0.463 e. The molecule has 92 valence electrons. The summed E-state index contributed by atoms with van der Waals surface area (Å²) < 4.78 is 4.85. The van der Waals surface area contributed by atoms with E-state index in [1.165, 1.54) is 0 Å². The van der Waals surface area contributed by atoms with Crippen LogP contribution in [0.2, 0.25) is 0 Å². The maximum atomic E-state index is 11.3. The van der Waals surface area contributed by atoms with Crippen molar-refractivity contribution in [3.05, 3.63) is 42.2 Å². The third-order valence-electron chi connectivity index (χ3n) is 2.32. The van der Waals surface area contributed by atoms with Gasteiger partial charge in [0, 0.05) is 24.4 Å². The first-order valence-electron chi connectivity index (χ1n) is 5.64. The Hall–Kier alpha value is -1.68. The Morgan fingerprint density at radius 3 is 2.94 bits per heavy atom. The normalized spacial score (nSPS) is 11.9. The number of carbonyl (C=O) groups is 1. The number of esters is 1. The molecular weight excluding hydrogens is 216 g/mol. The zero-order chi connectivity index (χ0) is 12.7. The first kappa shape index (κ1) is 13.4.